The van der Waals surface area contributed by atoms with Gasteiger partial charge in [-0.15, -0.1) is 0 Å². The van der Waals surface area contributed by atoms with Crippen LogP contribution in [0.15, 0.2) is 24.3 Å². The summed E-state index contributed by atoms with van der Waals surface area (Å²) in [4.78, 5) is 12.9. The highest BCUT2D eigenvalue weighted by molar-refractivity contribution is 5.35. The topological polar surface area (TPSA) is 58.4 Å². The van der Waals surface area contributed by atoms with E-state index in [1.807, 2.05) is 6.07 Å². The molecule has 1 aliphatic rings. The monoisotopic (exact) mass is 263 g/mol. The van der Waals surface area contributed by atoms with Crippen LogP contribution >= 0.6 is 0 Å². The summed E-state index contributed by atoms with van der Waals surface area (Å²) in [6.07, 6.45) is 1.15. The zero-order chi connectivity index (χ0) is 13.8. The van der Waals surface area contributed by atoms with E-state index in [9.17, 15) is 10.1 Å². The summed E-state index contributed by atoms with van der Waals surface area (Å²) in [5.41, 5.74) is 1.19. The van der Waals surface area contributed by atoms with E-state index in [1.165, 1.54) is 0 Å². The summed E-state index contributed by atoms with van der Waals surface area (Å²) in [6.45, 7) is 7.29. The molecule has 0 saturated carbocycles. The summed E-state index contributed by atoms with van der Waals surface area (Å²) in [7, 11) is 0. The van der Waals surface area contributed by atoms with Gasteiger partial charge in [0.25, 0.3) is 5.69 Å². The maximum atomic E-state index is 10.9. The van der Waals surface area contributed by atoms with Crippen LogP contribution in [0.5, 0.6) is 0 Å². The van der Waals surface area contributed by atoms with Gasteiger partial charge in [0.15, 0.2) is 0 Å². The summed E-state index contributed by atoms with van der Waals surface area (Å²) >= 11 is 0. The molecule has 1 saturated heterocycles. The lowest BCUT2D eigenvalue weighted by molar-refractivity contribution is -0.385. The van der Waals surface area contributed by atoms with Crippen molar-refractivity contribution in [1.82, 2.24) is 10.2 Å². The number of benzene rings is 1. The van der Waals surface area contributed by atoms with E-state index in [4.69, 9.17) is 0 Å². The maximum absolute atomic E-state index is 10.9. The molecule has 1 N–H and O–H groups in total. The van der Waals surface area contributed by atoms with Crippen molar-refractivity contribution in [2.45, 2.75) is 32.4 Å². The van der Waals surface area contributed by atoms with E-state index in [1.54, 1.807) is 18.2 Å². The number of nitro benzene ring substituents is 1. The van der Waals surface area contributed by atoms with Gasteiger partial charge in [-0.3, -0.25) is 15.0 Å². The third kappa shape index (κ3) is 3.11. The first kappa shape index (κ1) is 14.0. The van der Waals surface area contributed by atoms with E-state index in [0.29, 0.717) is 6.04 Å². The van der Waals surface area contributed by atoms with Crippen LogP contribution in [0.2, 0.25) is 0 Å². The van der Waals surface area contributed by atoms with E-state index in [0.717, 1.165) is 31.6 Å². The number of hydrogen-bond donors (Lipinski definition) is 1. The van der Waals surface area contributed by atoms with Crippen molar-refractivity contribution in [3.8, 4) is 0 Å². The molecule has 1 aliphatic heterocycles. The Morgan fingerprint density at radius 2 is 2.37 bits per heavy atom. The molecule has 5 nitrogen and oxygen atoms in total. The molecular weight excluding hydrogens is 242 g/mol. The zero-order valence-corrected chi connectivity index (χ0v) is 11.5. The number of nitro groups is 1. The van der Waals surface area contributed by atoms with Gasteiger partial charge in [-0.1, -0.05) is 19.1 Å². The highest BCUT2D eigenvalue weighted by Gasteiger charge is 2.26. The number of hydrogen-bond acceptors (Lipinski definition) is 4. The van der Waals surface area contributed by atoms with Gasteiger partial charge >= 0.3 is 0 Å². The highest BCUT2D eigenvalue weighted by atomic mass is 16.6. The molecule has 0 amide bonds. The second kappa shape index (κ2) is 6.12. The molecule has 0 aromatic heterocycles. The summed E-state index contributed by atoms with van der Waals surface area (Å²) < 4.78 is 0. The van der Waals surface area contributed by atoms with Gasteiger partial charge in [0.1, 0.15) is 0 Å². The van der Waals surface area contributed by atoms with Gasteiger partial charge in [0.2, 0.25) is 0 Å². The van der Waals surface area contributed by atoms with Gasteiger partial charge in [-0.05, 0) is 32.0 Å². The second-order valence-corrected chi connectivity index (χ2v) is 5.01. The summed E-state index contributed by atoms with van der Waals surface area (Å²) in [6, 6.07) is 7.71. The van der Waals surface area contributed by atoms with Crippen molar-refractivity contribution in [2.75, 3.05) is 19.6 Å². The molecule has 0 bridgehead atoms. The third-order valence-electron chi connectivity index (χ3n) is 3.93. The predicted octanol–water partition coefficient (Wildman–Crippen LogP) is 2.34. The van der Waals surface area contributed by atoms with Gasteiger partial charge in [0, 0.05) is 30.8 Å². The molecule has 1 aromatic carbocycles. The lowest BCUT2D eigenvalue weighted by Crippen LogP contribution is -2.38. The molecule has 2 rings (SSSR count). The first-order chi connectivity index (χ1) is 9.13. The molecule has 104 valence electrons. The molecule has 1 fully saturated rings. The molecule has 0 spiro atoms. The molecule has 1 heterocycles. The molecule has 0 radical (unpaired) electrons. The van der Waals surface area contributed by atoms with Crippen LogP contribution in [0, 0.1) is 10.1 Å². The smallest absolute Gasteiger partial charge is 0.269 e. The van der Waals surface area contributed by atoms with Crippen LogP contribution < -0.4 is 5.32 Å². The number of rotatable bonds is 5. The number of likely N-dealkylation sites (N-methyl/N-ethyl adjacent to an activating group) is 1. The van der Waals surface area contributed by atoms with Gasteiger partial charge < -0.3 is 5.32 Å². The van der Waals surface area contributed by atoms with Gasteiger partial charge in [0.05, 0.1) is 4.92 Å². The van der Waals surface area contributed by atoms with E-state index in [2.05, 4.69) is 24.1 Å². The normalized spacial score (nSPS) is 20.7. The molecule has 2 atom stereocenters. The minimum Gasteiger partial charge on any atom is -0.315 e. The molecular formula is C14H21N3O2. The van der Waals surface area contributed by atoms with E-state index >= 15 is 0 Å². The minimum absolute atomic E-state index is 0.171. The largest absolute Gasteiger partial charge is 0.315 e. The fourth-order valence-corrected chi connectivity index (χ4v) is 2.86. The molecule has 19 heavy (non-hydrogen) atoms. The van der Waals surface area contributed by atoms with Crippen LogP contribution in [0.3, 0.4) is 0 Å². The molecule has 0 aliphatic carbocycles. The number of nitrogens with one attached hydrogen (secondary N) is 1. The van der Waals surface area contributed by atoms with Crippen LogP contribution in [0.4, 0.5) is 5.69 Å². The van der Waals surface area contributed by atoms with Crippen molar-refractivity contribution in [3.05, 3.63) is 39.9 Å². The fraction of sp³-hybridized carbons (Fsp3) is 0.571. The average Bonchev–Trinajstić information content (AvgIpc) is 2.93. The zero-order valence-electron chi connectivity index (χ0n) is 11.5. The minimum atomic E-state index is -0.330. The lowest BCUT2D eigenvalue weighted by Gasteiger charge is -2.33. The molecule has 5 heteroatoms. The van der Waals surface area contributed by atoms with Crippen molar-refractivity contribution in [1.29, 1.82) is 0 Å². The second-order valence-electron chi connectivity index (χ2n) is 5.01. The Morgan fingerprint density at radius 3 is 2.95 bits per heavy atom. The highest BCUT2D eigenvalue weighted by Crippen LogP contribution is 2.26. The third-order valence-corrected chi connectivity index (χ3v) is 3.93. The first-order valence-corrected chi connectivity index (χ1v) is 6.84. The summed E-state index contributed by atoms with van der Waals surface area (Å²) in [5.74, 6) is 0. The number of nitrogens with zero attached hydrogens (tertiary/aromatic N) is 2. The summed E-state index contributed by atoms with van der Waals surface area (Å²) in [5, 5.41) is 14.2. The Morgan fingerprint density at radius 1 is 1.58 bits per heavy atom. The van der Waals surface area contributed by atoms with Crippen LogP contribution in [0.1, 0.15) is 31.9 Å². The Kier molecular flexibility index (Phi) is 4.50. The standard InChI is InChI=1S/C14H21N3O2/c1-3-16(14-7-8-15-10-14)11(2)12-5-4-6-13(9-12)17(18)19/h4-6,9,11,14-15H,3,7-8,10H2,1-2H3. The predicted molar refractivity (Wildman–Crippen MR) is 75.2 cm³/mol. The molecule has 2 unspecified atom stereocenters. The van der Waals surface area contributed by atoms with Crippen LogP contribution in [-0.4, -0.2) is 35.5 Å². The van der Waals surface area contributed by atoms with Crippen molar-refractivity contribution in [3.63, 3.8) is 0 Å². The maximum Gasteiger partial charge on any atom is 0.269 e. The van der Waals surface area contributed by atoms with E-state index < -0.39 is 0 Å². The van der Waals surface area contributed by atoms with Crippen molar-refractivity contribution >= 4 is 5.69 Å². The first-order valence-electron chi connectivity index (χ1n) is 6.84. The van der Waals surface area contributed by atoms with Crippen molar-refractivity contribution < 1.29 is 4.92 Å². The average molecular weight is 263 g/mol. The Hall–Kier alpha value is -1.46. The van der Waals surface area contributed by atoms with E-state index in [-0.39, 0.29) is 16.7 Å². The Labute approximate surface area is 113 Å². The quantitative estimate of drug-likeness (QED) is 0.654. The van der Waals surface area contributed by atoms with Crippen LogP contribution in [0.25, 0.3) is 0 Å². The van der Waals surface area contributed by atoms with Crippen LogP contribution in [-0.2, 0) is 0 Å². The number of non-ortho nitro benzene ring substituents is 1. The van der Waals surface area contributed by atoms with Crippen molar-refractivity contribution in [2.24, 2.45) is 0 Å². The Balaban J connectivity index is 2.18. The van der Waals surface area contributed by atoms with Gasteiger partial charge in [-0.2, -0.15) is 0 Å². The lowest BCUT2D eigenvalue weighted by atomic mass is 10.0. The SMILES string of the molecule is CCN(C1CCNC1)C(C)c1cccc([N+](=O)[O-])c1. The molecule has 1 aromatic rings. The Bertz CT molecular complexity index is 444. The fourth-order valence-electron chi connectivity index (χ4n) is 2.86. The van der Waals surface area contributed by atoms with Gasteiger partial charge in [-0.25, -0.2) is 0 Å².